The first kappa shape index (κ1) is 17.2. The van der Waals surface area contributed by atoms with Crippen LogP contribution in [-0.2, 0) is 4.74 Å². The maximum atomic E-state index is 5.42. The Morgan fingerprint density at radius 2 is 1.71 bits per heavy atom. The van der Waals surface area contributed by atoms with E-state index in [0.717, 1.165) is 5.92 Å². The highest BCUT2D eigenvalue weighted by molar-refractivity contribution is 5.86. The van der Waals surface area contributed by atoms with Crippen LogP contribution in [0.25, 0.3) is 0 Å². The number of hydrogen-bond acceptors (Lipinski definition) is 3. The van der Waals surface area contributed by atoms with Gasteiger partial charge in [0.05, 0.1) is 6.73 Å². The van der Waals surface area contributed by atoms with Crippen molar-refractivity contribution < 1.29 is 4.74 Å². The van der Waals surface area contributed by atoms with E-state index in [0.29, 0.717) is 13.0 Å². The SMILES string of the molecule is Cl.Cl.Cl.NCOC1CC2CCN1CC2. The molecule has 0 aromatic heterocycles. The van der Waals surface area contributed by atoms with Gasteiger partial charge in [0.25, 0.3) is 0 Å². The van der Waals surface area contributed by atoms with Gasteiger partial charge in [0.15, 0.2) is 0 Å². The van der Waals surface area contributed by atoms with Gasteiger partial charge in [-0.3, -0.25) is 4.90 Å². The van der Waals surface area contributed by atoms with Crippen LogP contribution in [-0.4, -0.2) is 30.9 Å². The van der Waals surface area contributed by atoms with Crippen molar-refractivity contribution >= 4 is 37.2 Å². The van der Waals surface area contributed by atoms with Crippen LogP contribution in [0.2, 0.25) is 0 Å². The molecule has 3 nitrogen and oxygen atoms in total. The predicted molar refractivity (Wildman–Crippen MR) is 64.6 cm³/mol. The van der Waals surface area contributed by atoms with E-state index in [4.69, 9.17) is 10.5 Å². The van der Waals surface area contributed by atoms with Gasteiger partial charge < -0.3 is 10.5 Å². The van der Waals surface area contributed by atoms with Gasteiger partial charge in [0.2, 0.25) is 0 Å². The predicted octanol–water partition coefficient (Wildman–Crippen LogP) is 1.63. The van der Waals surface area contributed by atoms with Crippen LogP contribution < -0.4 is 5.73 Å². The molecule has 0 radical (unpaired) electrons. The Bertz CT molecular complexity index is 143. The number of piperidine rings is 3. The van der Waals surface area contributed by atoms with E-state index in [1.54, 1.807) is 0 Å². The second-order valence-corrected chi connectivity index (χ2v) is 3.50. The molecule has 3 fully saturated rings. The molecule has 3 aliphatic heterocycles. The van der Waals surface area contributed by atoms with Gasteiger partial charge in [-0.1, -0.05) is 0 Å². The van der Waals surface area contributed by atoms with Gasteiger partial charge >= 0.3 is 0 Å². The average molecular weight is 266 g/mol. The van der Waals surface area contributed by atoms with Gasteiger partial charge in [-0.2, -0.15) is 0 Å². The molecule has 3 rings (SSSR count). The highest BCUT2D eigenvalue weighted by atomic mass is 35.5. The van der Waals surface area contributed by atoms with Gasteiger partial charge in [-0.15, -0.1) is 37.2 Å². The number of nitrogens with two attached hydrogens (primary N) is 1. The molecule has 3 heterocycles. The third-order valence-corrected chi connectivity index (χ3v) is 2.88. The fourth-order valence-corrected chi connectivity index (χ4v) is 2.20. The molecule has 14 heavy (non-hydrogen) atoms. The zero-order chi connectivity index (χ0) is 7.68. The third kappa shape index (κ3) is 3.72. The van der Waals surface area contributed by atoms with Crippen LogP contribution in [0.5, 0.6) is 0 Å². The standard InChI is InChI=1S/C8H16N2O.3ClH/c9-6-11-8-5-7-1-3-10(8)4-2-7;;;/h7-8H,1-6,9H2;3*1H. The highest BCUT2D eigenvalue weighted by Crippen LogP contribution is 2.31. The zero-order valence-electron chi connectivity index (χ0n) is 8.05. The van der Waals surface area contributed by atoms with Crippen molar-refractivity contribution in [3.63, 3.8) is 0 Å². The second kappa shape index (κ2) is 7.97. The second-order valence-electron chi connectivity index (χ2n) is 3.50. The molecule has 2 bridgehead atoms. The summed E-state index contributed by atoms with van der Waals surface area (Å²) in [6.45, 7) is 2.80. The van der Waals surface area contributed by atoms with Crippen molar-refractivity contribution in [3.8, 4) is 0 Å². The molecule has 0 amide bonds. The smallest absolute Gasteiger partial charge is 0.112 e. The Balaban J connectivity index is 0. The van der Waals surface area contributed by atoms with Crippen molar-refractivity contribution in [1.29, 1.82) is 0 Å². The van der Waals surface area contributed by atoms with E-state index in [1.165, 1.54) is 32.4 Å². The molecule has 0 saturated carbocycles. The summed E-state index contributed by atoms with van der Waals surface area (Å²) < 4.78 is 5.42. The Morgan fingerprint density at radius 1 is 1.14 bits per heavy atom. The topological polar surface area (TPSA) is 38.5 Å². The fraction of sp³-hybridized carbons (Fsp3) is 1.00. The summed E-state index contributed by atoms with van der Waals surface area (Å²) in [7, 11) is 0. The van der Waals surface area contributed by atoms with Crippen molar-refractivity contribution in [2.45, 2.75) is 25.5 Å². The van der Waals surface area contributed by atoms with E-state index in [1.807, 2.05) is 0 Å². The number of fused-ring (bicyclic) bond motifs is 3. The minimum Gasteiger partial charge on any atom is -0.348 e. The zero-order valence-corrected chi connectivity index (χ0v) is 10.5. The fourth-order valence-electron chi connectivity index (χ4n) is 2.20. The first-order chi connectivity index (χ1) is 5.40. The van der Waals surface area contributed by atoms with E-state index in [-0.39, 0.29) is 37.2 Å². The van der Waals surface area contributed by atoms with Crippen LogP contribution in [0.1, 0.15) is 19.3 Å². The maximum absolute atomic E-state index is 5.42. The lowest BCUT2D eigenvalue weighted by Gasteiger charge is -2.44. The quantitative estimate of drug-likeness (QED) is 0.771. The molecule has 1 atom stereocenters. The summed E-state index contributed by atoms with van der Waals surface area (Å²) in [4.78, 5) is 2.41. The van der Waals surface area contributed by atoms with E-state index in [2.05, 4.69) is 4.90 Å². The lowest BCUT2D eigenvalue weighted by Crippen LogP contribution is -2.50. The lowest BCUT2D eigenvalue weighted by atomic mass is 9.87. The van der Waals surface area contributed by atoms with E-state index < -0.39 is 0 Å². The Kier molecular flexibility index (Phi) is 9.76. The van der Waals surface area contributed by atoms with Crippen LogP contribution in [0.3, 0.4) is 0 Å². The minimum atomic E-state index is 0. The number of nitrogens with zero attached hydrogens (tertiary/aromatic N) is 1. The number of halogens is 3. The number of ether oxygens (including phenoxy) is 1. The van der Waals surface area contributed by atoms with E-state index >= 15 is 0 Å². The minimum absolute atomic E-state index is 0. The number of hydrogen-bond donors (Lipinski definition) is 1. The molecule has 3 aliphatic rings. The summed E-state index contributed by atoms with van der Waals surface area (Å²) in [5, 5.41) is 0. The molecule has 3 saturated heterocycles. The van der Waals surface area contributed by atoms with Crippen LogP contribution >= 0.6 is 37.2 Å². The first-order valence-electron chi connectivity index (χ1n) is 4.46. The Labute approximate surface area is 104 Å². The summed E-state index contributed by atoms with van der Waals surface area (Å²) in [6.07, 6.45) is 4.28. The van der Waals surface area contributed by atoms with Crippen LogP contribution in [0.15, 0.2) is 0 Å². The average Bonchev–Trinajstić information content (AvgIpc) is 2.07. The normalized spacial score (nSPS) is 33.6. The van der Waals surface area contributed by atoms with Gasteiger partial charge in [-0.05, 0) is 25.2 Å². The summed E-state index contributed by atoms with van der Waals surface area (Å²) in [6, 6.07) is 0. The maximum Gasteiger partial charge on any atom is 0.112 e. The third-order valence-electron chi connectivity index (χ3n) is 2.88. The molecular formula is C8H19Cl3N2O. The molecule has 6 heteroatoms. The molecule has 88 valence electrons. The Hall–Kier alpha value is 0.750. The molecule has 0 aromatic carbocycles. The molecule has 0 aliphatic carbocycles. The van der Waals surface area contributed by atoms with Gasteiger partial charge in [-0.25, -0.2) is 0 Å². The summed E-state index contributed by atoms with van der Waals surface area (Å²) >= 11 is 0. The molecule has 0 aromatic rings. The first-order valence-corrected chi connectivity index (χ1v) is 4.46. The van der Waals surface area contributed by atoms with Crippen molar-refractivity contribution in [2.75, 3.05) is 19.8 Å². The summed E-state index contributed by atoms with van der Waals surface area (Å²) in [5.41, 5.74) is 5.34. The van der Waals surface area contributed by atoms with Gasteiger partial charge in [0.1, 0.15) is 6.23 Å². The largest absolute Gasteiger partial charge is 0.348 e. The van der Waals surface area contributed by atoms with Crippen molar-refractivity contribution in [2.24, 2.45) is 11.7 Å². The molecule has 2 N–H and O–H groups in total. The molecule has 1 unspecified atom stereocenters. The van der Waals surface area contributed by atoms with Crippen molar-refractivity contribution in [1.82, 2.24) is 4.90 Å². The van der Waals surface area contributed by atoms with Crippen molar-refractivity contribution in [3.05, 3.63) is 0 Å². The molecule has 0 spiro atoms. The molecular weight excluding hydrogens is 246 g/mol. The number of rotatable bonds is 2. The van der Waals surface area contributed by atoms with Crippen LogP contribution in [0, 0.1) is 5.92 Å². The lowest BCUT2D eigenvalue weighted by molar-refractivity contribution is -0.117. The summed E-state index contributed by atoms with van der Waals surface area (Å²) in [5.74, 6) is 0.913. The van der Waals surface area contributed by atoms with Gasteiger partial charge in [0, 0.05) is 13.1 Å². The highest BCUT2D eigenvalue weighted by Gasteiger charge is 2.33. The van der Waals surface area contributed by atoms with Crippen LogP contribution in [0.4, 0.5) is 0 Å². The van der Waals surface area contributed by atoms with E-state index in [9.17, 15) is 0 Å². The Morgan fingerprint density at radius 3 is 2.07 bits per heavy atom. The monoisotopic (exact) mass is 264 g/mol.